The number of rotatable bonds is 3. The first-order valence-corrected chi connectivity index (χ1v) is 6.54. The highest BCUT2D eigenvalue weighted by atomic mass is 35.5. The van der Waals surface area contributed by atoms with Gasteiger partial charge in [0.25, 0.3) is 0 Å². The molecule has 0 saturated carbocycles. The van der Waals surface area contributed by atoms with E-state index in [2.05, 4.69) is 6.07 Å². The Balaban J connectivity index is 1.88. The lowest BCUT2D eigenvalue weighted by molar-refractivity contribution is 0.0949. The second-order valence-electron chi connectivity index (χ2n) is 4.67. The third-order valence-electron chi connectivity index (χ3n) is 3.61. The van der Waals surface area contributed by atoms with E-state index in [4.69, 9.17) is 16.3 Å². The van der Waals surface area contributed by atoms with Crippen molar-refractivity contribution in [2.45, 2.75) is 12.3 Å². The van der Waals surface area contributed by atoms with E-state index < -0.39 is 0 Å². The molecule has 0 N–H and O–H groups in total. The van der Waals surface area contributed by atoms with Crippen molar-refractivity contribution in [3.63, 3.8) is 0 Å². The molecule has 0 saturated heterocycles. The molecule has 2 aromatic rings. The summed E-state index contributed by atoms with van der Waals surface area (Å²) in [6.45, 7) is 0. The maximum Gasteiger partial charge on any atom is 0.170 e. The molecule has 0 radical (unpaired) electrons. The zero-order valence-corrected chi connectivity index (χ0v) is 11.3. The van der Waals surface area contributed by atoms with Crippen molar-refractivity contribution in [1.82, 2.24) is 0 Å². The number of fused-ring (bicyclic) bond motifs is 1. The normalized spacial score (nSPS) is 16.4. The molecule has 0 spiro atoms. The third kappa shape index (κ3) is 2.02. The van der Waals surface area contributed by atoms with E-state index in [9.17, 15) is 4.79 Å². The summed E-state index contributed by atoms with van der Waals surface area (Å²) < 4.78 is 5.09. The summed E-state index contributed by atoms with van der Waals surface area (Å²) in [6.07, 6.45) is 0.818. The average Bonchev–Trinajstić information content (AvgIpc) is 2.40. The molecule has 1 aliphatic rings. The number of ether oxygens (including phenoxy) is 1. The Morgan fingerprint density at radius 1 is 1.26 bits per heavy atom. The zero-order valence-electron chi connectivity index (χ0n) is 10.5. The number of hydrogen-bond donors (Lipinski definition) is 0. The molecule has 0 amide bonds. The van der Waals surface area contributed by atoms with Gasteiger partial charge in [-0.05, 0) is 35.7 Å². The maximum absolute atomic E-state index is 12.4. The number of Topliss-reactive ketones (excluding diaryl/α,β-unsaturated/α-hetero) is 1. The molecule has 96 valence electrons. The van der Waals surface area contributed by atoms with Crippen molar-refractivity contribution in [3.8, 4) is 5.75 Å². The van der Waals surface area contributed by atoms with Gasteiger partial charge in [-0.3, -0.25) is 4.79 Å². The topological polar surface area (TPSA) is 26.3 Å². The number of ketones is 1. The average molecular weight is 273 g/mol. The number of methoxy groups -OCH3 is 1. The van der Waals surface area contributed by atoms with Gasteiger partial charge in [0.2, 0.25) is 0 Å². The van der Waals surface area contributed by atoms with E-state index in [1.165, 1.54) is 5.56 Å². The first kappa shape index (κ1) is 12.2. The fourth-order valence-corrected chi connectivity index (χ4v) is 2.77. The van der Waals surface area contributed by atoms with Gasteiger partial charge in [0.1, 0.15) is 5.75 Å². The van der Waals surface area contributed by atoms with Crippen LogP contribution in [0.2, 0.25) is 5.02 Å². The Kier molecular flexibility index (Phi) is 3.03. The second kappa shape index (κ2) is 4.71. The Labute approximate surface area is 117 Å². The smallest absolute Gasteiger partial charge is 0.170 e. The van der Waals surface area contributed by atoms with Crippen molar-refractivity contribution in [1.29, 1.82) is 0 Å². The van der Waals surface area contributed by atoms with E-state index in [1.807, 2.05) is 18.2 Å². The molecule has 1 atom stereocenters. The van der Waals surface area contributed by atoms with Gasteiger partial charge in [0, 0.05) is 5.56 Å². The molecule has 1 unspecified atom stereocenters. The van der Waals surface area contributed by atoms with Gasteiger partial charge in [-0.2, -0.15) is 0 Å². The van der Waals surface area contributed by atoms with Gasteiger partial charge in [0.05, 0.1) is 18.1 Å². The van der Waals surface area contributed by atoms with Gasteiger partial charge in [0.15, 0.2) is 5.78 Å². The van der Waals surface area contributed by atoms with Crippen LogP contribution in [0.5, 0.6) is 5.75 Å². The molecule has 2 aromatic carbocycles. The lowest BCUT2D eigenvalue weighted by Gasteiger charge is -2.28. The van der Waals surface area contributed by atoms with Crippen LogP contribution in [0.3, 0.4) is 0 Å². The molecule has 19 heavy (non-hydrogen) atoms. The SMILES string of the molecule is COc1ccc(C(=O)C2Cc3ccccc32)cc1Cl. The third-order valence-corrected chi connectivity index (χ3v) is 3.90. The van der Waals surface area contributed by atoms with Gasteiger partial charge in [-0.15, -0.1) is 0 Å². The maximum atomic E-state index is 12.4. The predicted octanol–water partition coefficient (Wildman–Crippen LogP) is 3.87. The molecule has 0 bridgehead atoms. The van der Waals surface area contributed by atoms with Crippen LogP contribution in [0.1, 0.15) is 27.4 Å². The van der Waals surface area contributed by atoms with Crippen molar-refractivity contribution in [3.05, 3.63) is 64.2 Å². The van der Waals surface area contributed by atoms with Crippen molar-refractivity contribution < 1.29 is 9.53 Å². The van der Waals surface area contributed by atoms with Crippen LogP contribution in [0.4, 0.5) is 0 Å². The summed E-state index contributed by atoms with van der Waals surface area (Å²) in [4.78, 5) is 12.4. The van der Waals surface area contributed by atoms with Crippen molar-refractivity contribution in [2.24, 2.45) is 0 Å². The Morgan fingerprint density at radius 3 is 2.74 bits per heavy atom. The van der Waals surface area contributed by atoms with E-state index >= 15 is 0 Å². The van der Waals surface area contributed by atoms with Crippen molar-refractivity contribution in [2.75, 3.05) is 7.11 Å². The van der Waals surface area contributed by atoms with Gasteiger partial charge < -0.3 is 4.74 Å². The monoisotopic (exact) mass is 272 g/mol. The summed E-state index contributed by atoms with van der Waals surface area (Å²) >= 11 is 6.06. The molecular weight excluding hydrogens is 260 g/mol. The summed E-state index contributed by atoms with van der Waals surface area (Å²) in [7, 11) is 1.56. The molecule has 0 aromatic heterocycles. The highest BCUT2D eigenvalue weighted by Crippen LogP contribution is 2.38. The number of carbonyl (C=O) groups excluding carboxylic acids is 1. The summed E-state index contributed by atoms with van der Waals surface area (Å²) in [5.74, 6) is 0.691. The highest BCUT2D eigenvalue weighted by molar-refractivity contribution is 6.32. The quantitative estimate of drug-likeness (QED) is 0.793. The standard InChI is InChI=1S/C16H13ClO2/c1-19-15-7-6-11(9-14(15)17)16(18)13-8-10-4-2-3-5-12(10)13/h2-7,9,13H,8H2,1H3. The lowest BCUT2D eigenvalue weighted by atomic mass is 9.74. The molecule has 0 aliphatic heterocycles. The van der Waals surface area contributed by atoms with Crippen LogP contribution in [-0.4, -0.2) is 12.9 Å². The first-order valence-electron chi connectivity index (χ1n) is 6.16. The van der Waals surface area contributed by atoms with Crippen LogP contribution in [-0.2, 0) is 6.42 Å². The van der Waals surface area contributed by atoms with Crippen LogP contribution >= 0.6 is 11.6 Å². The fourth-order valence-electron chi connectivity index (χ4n) is 2.51. The van der Waals surface area contributed by atoms with Crippen LogP contribution in [0, 0.1) is 0 Å². The minimum atomic E-state index is -0.0272. The lowest BCUT2D eigenvalue weighted by Crippen LogP contribution is -2.25. The van der Waals surface area contributed by atoms with Gasteiger partial charge in [-0.1, -0.05) is 35.9 Å². The van der Waals surface area contributed by atoms with E-state index in [-0.39, 0.29) is 11.7 Å². The fraction of sp³-hybridized carbons (Fsp3) is 0.188. The van der Waals surface area contributed by atoms with Crippen molar-refractivity contribution >= 4 is 17.4 Å². The minimum Gasteiger partial charge on any atom is -0.495 e. The summed E-state index contributed by atoms with van der Waals surface area (Å²) in [6, 6.07) is 13.3. The van der Waals surface area contributed by atoms with Gasteiger partial charge >= 0.3 is 0 Å². The number of benzene rings is 2. The zero-order chi connectivity index (χ0) is 13.4. The molecule has 0 heterocycles. The summed E-state index contributed by atoms with van der Waals surface area (Å²) in [5.41, 5.74) is 3.05. The Morgan fingerprint density at radius 2 is 2.05 bits per heavy atom. The number of carbonyl (C=O) groups is 1. The number of hydrogen-bond acceptors (Lipinski definition) is 2. The number of halogens is 1. The molecule has 1 aliphatic carbocycles. The molecule has 3 rings (SSSR count). The van der Waals surface area contributed by atoms with Crippen LogP contribution in [0.15, 0.2) is 42.5 Å². The Hall–Kier alpha value is -1.80. The largest absolute Gasteiger partial charge is 0.495 e. The summed E-state index contributed by atoms with van der Waals surface area (Å²) in [5, 5.41) is 0.473. The molecule has 0 fully saturated rings. The predicted molar refractivity (Wildman–Crippen MR) is 75.2 cm³/mol. The highest BCUT2D eigenvalue weighted by Gasteiger charge is 2.32. The first-order chi connectivity index (χ1) is 9.20. The van der Waals surface area contributed by atoms with Gasteiger partial charge in [-0.25, -0.2) is 0 Å². The van der Waals surface area contributed by atoms with Crippen LogP contribution in [0.25, 0.3) is 0 Å². The van der Waals surface area contributed by atoms with Crippen LogP contribution < -0.4 is 4.74 Å². The Bertz CT molecular complexity index is 649. The van der Waals surface area contributed by atoms with E-state index in [0.29, 0.717) is 16.3 Å². The second-order valence-corrected chi connectivity index (χ2v) is 5.08. The van der Waals surface area contributed by atoms with E-state index in [0.717, 1.165) is 12.0 Å². The molecule has 3 heteroatoms. The molecule has 2 nitrogen and oxygen atoms in total. The minimum absolute atomic E-state index is 0.0272. The molecular formula is C16H13ClO2. The van der Waals surface area contributed by atoms with E-state index in [1.54, 1.807) is 25.3 Å².